The molecule has 2 unspecified atom stereocenters. The summed E-state index contributed by atoms with van der Waals surface area (Å²) in [5.74, 6) is -2.58. The molecule has 2 atom stereocenters. The molecule has 1 amide bonds. The van der Waals surface area contributed by atoms with Gasteiger partial charge in [0.25, 0.3) is 5.91 Å². The summed E-state index contributed by atoms with van der Waals surface area (Å²) in [4.78, 5) is 52.4. The number of nitrogens with zero attached hydrogens (tertiary/aromatic N) is 3. The third-order valence-electron chi connectivity index (χ3n) is 5.83. The maximum absolute atomic E-state index is 13.2. The summed E-state index contributed by atoms with van der Waals surface area (Å²) < 4.78 is 0. The van der Waals surface area contributed by atoms with Gasteiger partial charge in [0.05, 0.1) is 28.9 Å². The normalized spacial score (nSPS) is 18.9. The van der Waals surface area contributed by atoms with E-state index in [-0.39, 0.29) is 12.2 Å². The number of hydrogen-bond acceptors (Lipinski definition) is 5. The van der Waals surface area contributed by atoms with Gasteiger partial charge in [0, 0.05) is 23.7 Å². The first-order valence-electron chi connectivity index (χ1n) is 10.3. The van der Waals surface area contributed by atoms with Crippen molar-refractivity contribution in [1.29, 1.82) is 0 Å². The first-order chi connectivity index (χ1) is 15.1. The van der Waals surface area contributed by atoms with Gasteiger partial charge in [-0.05, 0) is 42.3 Å². The van der Waals surface area contributed by atoms with Gasteiger partial charge in [0.2, 0.25) is 5.78 Å². The van der Waals surface area contributed by atoms with E-state index in [4.69, 9.17) is 0 Å². The minimum Gasteiger partial charge on any atom is -0.345 e. The number of fused-ring (bicyclic) bond motifs is 2. The van der Waals surface area contributed by atoms with Gasteiger partial charge < -0.3 is 4.98 Å². The number of para-hydroxylation sites is 1. The van der Waals surface area contributed by atoms with Gasteiger partial charge in [-0.1, -0.05) is 25.1 Å². The number of amides is 1. The molecule has 1 aliphatic rings. The topological polar surface area (TPSA) is 96.0 Å². The number of aromatic amines is 1. The Morgan fingerprint density at radius 2 is 1.90 bits per heavy atom. The summed E-state index contributed by atoms with van der Waals surface area (Å²) in [5, 5.41) is 0.819. The largest absolute Gasteiger partial charge is 0.345 e. The van der Waals surface area contributed by atoms with Gasteiger partial charge in [0.1, 0.15) is 11.7 Å². The molecule has 0 radical (unpaired) electrons. The molecule has 0 saturated carbocycles. The van der Waals surface area contributed by atoms with Crippen molar-refractivity contribution in [2.24, 2.45) is 5.92 Å². The van der Waals surface area contributed by atoms with Crippen LogP contribution in [0.1, 0.15) is 31.4 Å². The van der Waals surface area contributed by atoms with Gasteiger partial charge in [-0.15, -0.1) is 0 Å². The Hall–Kier alpha value is -3.87. The van der Waals surface area contributed by atoms with Crippen molar-refractivity contribution in [3.63, 3.8) is 0 Å². The first-order valence-corrected chi connectivity index (χ1v) is 10.3. The molecule has 4 aromatic rings. The Balaban J connectivity index is 1.74. The average Bonchev–Trinajstić information content (AvgIpc) is 3.35. The minimum absolute atomic E-state index is 0.211. The smallest absolute Gasteiger partial charge is 0.295 e. The van der Waals surface area contributed by atoms with E-state index < -0.39 is 23.7 Å². The molecule has 0 bridgehead atoms. The molecule has 3 heterocycles. The highest BCUT2D eigenvalue weighted by Gasteiger charge is 2.52. The zero-order valence-electron chi connectivity index (χ0n) is 16.9. The molecular weight excluding hydrogens is 392 g/mol. The lowest BCUT2D eigenvalue weighted by Gasteiger charge is -2.28. The molecule has 2 aromatic carbocycles. The summed E-state index contributed by atoms with van der Waals surface area (Å²) in [6.07, 6.45) is 4.09. The summed E-state index contributed by atoms with van der Waals surface area (Å²) >= 11 is 0. The van der Waals surface area contributed by atoms with Gasteiger partial charge >= 0.3 is 0 Å². The Morgan fingerprint density at radius 3 is 2.74 bits per heavy atom. The van der Waals surface area contributed by atoms with E-state index in [1.165, 1.54) is 4.90 Å². The summed E-state index contributed by atoms with van der Waals surface area (Å²) in [5.41, 5.74) is 3.54. The number of imidazole rings is 1. The van der Waals surface area contributed by atoms with Gasteiger partial charge in [-0.3, -0.25) is 24.3 Å². The number of H-pyrrole nitrogens is 1. The number of ketones is 2. The molecule has 1 aliphatic heterocycles. The molecule has 1 saturated heterocycles. The number of Topliss-reactive ketones (excluding diaryl/α,β-unsaturated/α-hetero) is 2. The highest BCUT2D eigenvalue weighted by atomic mass is 16.2. The molecule has 7 heteroatoms. The van der Waals surface area contributed by atoms with Crippen molar-refractivity contribution in [2.75, 3.05) is 4.90 Å². The van der Waals surface area contributed by atoms with Gasteiger partial charge in [-0.2, -0.15) is 0 Å². The van der Waals surface area contributed by atoms with Crippen LogP contribution in [-0.4, -0.2) is 32.4 Å². The second-order valence-corrected chi connectivity index (χ2v) is 7.70. The number of carbonyl (C=O) groups excluding carboxylic acids is 3. The Labute approximate surface area is 178 Å². The number of hydrogen-bond donors (Lipinski definition) is 1. The molecule has 154 valence electrons. The van der Waals surface area contributed by atoms with Crippen LogP contribution in [0.5, 0.6) is 0 Å². The molecular formula is C24H20N4O3. The lowest BCUT2D eigenvalue weighted by Crippen LogP contribution is -2.30. The maximum atomic E-state index is 13.2. The van der Waals surface area contributed by atoms with Crippen LogP contribution in [0.2, 0.25) is 0 Å². The van der Waals surface area contributed by atoms with Gasteiger partial charge in [0.15, 0.2) is 0 Å². The van der Waals surface area contributed by atoms with Crippen LogP contribution in [0, 0.1) is 5.92 Å². The maximum Gasteiger partial charge on any atom is 0.295 e. The zero-order valence-corrected chi connectivity index (χ0v) is 16.9. The molecule has 31 heavy (non-hydrogen) atoms. The predicted molar refractivity (Wildman–Crippen MR) is 116 cm³/mol. The average molecular weight is 412 g/mol. The van der Waals surface area contributed by atoms with Crippen LogP contribution >= 0.6 is 0 Å². The number of anilines is 1. The number of benzene rings is 2. The number of aromatic nitrogens is 3. The monoisotopic (exact) mass is 412 g/mol. The molecule has 7 nitrogen and oxygen atoms in total. The summed E-state index contributed by atoms with van der Waals surface area (Å²) in [6, 6.07) is 14.0. The molecule has 1 N–H and O–H groups in total. The van der Waals surface area contributed by atoms with Crippen molar-refractivity contribution in [1.82, 2.24) is 15.0 Å². The highest BCUT2D eigenvalue weighted by molar-refractivity contribution is 6.48. The van der Waals surface area contributed by atoms with Crippen molar-refractivity contribution >= 4 is 45.1 Å². The first kappa shape index (κ1) is 19.1. The minimum atomic E-state index is -1.05. The number of carbonyl (C=O) groups is 3. The van der Waals surface area contributed by atoms with Crippen LogP contribution in [0.25, 0.3) is 21.9 Å². The second kappa shape index (κ2) is 7.43. The lowest BCUT2D eigenvalue weighted by molar-refractivity contribution is -0.139. The third kappa shape index (κ3) is 3.01. The number of nitrogens with one attached hydrogen (secondary N) is 1. The fraction of sp³-hybridized carbons (Fsp3) is 0.208. The second-order valence-electron chi connectivity index (χ2n) is 7.70. The van der Waals surface area contributed by atoms with E-state index in [1.54, 1.807) is 36.8 Å². The van der Waals surface area contributed by atoms with Crippen molar-refractivity contribution in [3.8, 4) is 0 Å². The van der Waals surface area contributed by atoms with Crippen LogP contribution in [0.3, 0.4) is 0 Å². The predicted octanol–water partition coefficient (Wildman–Crippen LogP) is 3.75. The van der Waals surface area contributed by atoms with Crippen molar-refractivity contribution < 1.29 is 14.4 Å². The standard InChI is InChI=1S/C24H20N4O3/c1-2-5-20(29)21-22(16-10-11-25-17-7-4-3-6-15(16)17)28(24(31)23(21)30)14-8-9-18-19(12-14)27-13-26-18/h3-4,6-13,21-22H,2,5H2,1H3,(H,26,27). The summed E-state index contributed by atoms with van der Waals surface area (Å²) in [7, 11) is 0. The Bertz CT molecular complexity index is 1340. The molecule has 1 fully saturated rings. The zero-order chi connectivity index (χ0) is 21.5. The fourth-order valence-corrected chi connectivity index (χ4v) is 4.44. The van der Waals surface area contributed by atoms with Crippen LogP contribution < -0.4 is 4.90 Å². The van der Waals surface area contributed by atoms with E-state index >= 15 is 0 Å². The molecule has 0 spiro atoms. The Morgan fingerprint density at radius 1 is 1.06 bits per heavy atom. The SMILES string of the molecule is CCCC(=O)C1C(=O)C(=O)N(c2ccc3nc[nH]c3c2)C1c1ccnc2ccccc12. The van der Waals surface area contributed by atoms with E-state index in [0.717, 1.165) is 27.5 Å². The van der Waals surface area contributed by atoms with E-state index in [2.05, 4.69) is 15.0 Å². The van der Waals surface area contributed by atoms with E-state index in [1.807, 2.05) is 31.2 Å². The van der Waals surface area contributed by atoms with Crippen molar-refractivity contribution in [2.45, 2.75) is 25.8 Å². The lowest BCUT2D eigenvalue weighted by atomic mass is 9.86. The third-order valence-corrected chi connectivity index (χ3v) is 5.83. The fourth-order valence-electron chi connectivity index (χ4n) is 4.44. The van der Waals surface area contributed by atoms with E-state index in [9.17, 15) is 14.4 Å². The molecule has 0 aliphatic carbocycles. The number of rotatable bonds is 5. The van der Waals surface area contributed by atoms with Crippen LogP contribution in [-0.2, 0) is 14.4 Å². The van der Waals surface area contributed by atoms with E-state index in [0.29, 0.717) is 12.1 Å². The van der Waals surface area contributed by atoms with Crippen LogP contribution in [0.15, 0.2) is 61.1 Å². The van der Waals surface area contributed by atoms with Gasteiger partial charge in [-0.25, -0.2) is 4.98 Å². The molecule has 2 aromatic heterocycles. The van der Waals surface area contributed by atoms with Crippen molar-refractivity contribution in [3.05, 3.63) is 66.6 Å². The highest BCUT2D eigenvalue weighted by Crippen LogP contribution is 2.43. The Kier molecular flexibility index (Phi) is 4.58. The quantitative estimate of drug-likeness (QED) is 0.398. The summed E-state index contributed by atoms with van der Waals surface area (Å²) in [6.45, 7) is 1.89. The molecule has 5 rings (SSSR count). The number of pyridine rings is 1. The van der Waals surface area contributed by atoms with Crippen LogP contribution in [0.4, 0.5) is 5.69 Å².